The Hall–Kier alpha value is 0.246. The first-order chi connectivity index (χ1) is 17.5. The van der Waals surface area contributed by atoms with Crippen LogP contribution in [0.4, 0.5) is 0 Å². The monoisotopic (exact) mass is 554 g/mol. The van der Waals surface area contributed by atoms with Gasteiger partial charge >= 0.3 is 51.4 Å². The van der Waals surface area contributed by atoms with Crippen LogP contribution in [0, 0.1) is 0 Å². The molecule has 204 valence electrons. The molecule has 0 fully saturated rings. The maximum Gasteiger partial charge on any atom is 1.00 e. The summed E-state index contributed by atoms with van der Waals surface area (Å²) in [6.07, 6.45) is 25.3. The van der Waals surface area contributed by atoms with E-state index in [1.54, 1.807) is 6.07 Å². The Morgan fingerprint density at radius 1 is 0.541 bits per heavy atom. The van der Waals surface area contributed by atoms with Gasteiger partial charge in [-0.15, -0.1) is 0 Å². The van der Waals surface area contributed by atoms with Crippen molar-refractivity contribution in [2.75, 3.05) is 0 Å². The summed E-state index contributed by atoms with van der Waals surface area (Å²) in [5, 5.41) is 2.08. The molecule has 0 aliphatic carbocycles. The number of fused-ring (bicyclic) bond motifs is 1. The van der Waals surface area contributed by atoms with Gasteiger partial charge in [0, 0.05) is 0 Å². The minimum absolute atomic E-state index is 0. The number of rotatable bonds is 21. The Kier molecular flexibility index (Phi) is 20.1. The minimum atomic E-state index is -4.45. The molecule has 0 radical (unpaired) electrons. The minimum Gasteiger partial charge on any atom is -0.744 e. The van der Waals surface area contributed by atoms with E-state index < -0.39 is 10.1 Å². The van der Waals surface area contributed by atoms with Crippen molar-refractivity contribution in [2.24, 2.45) is 0 Å². The average molecular weight is 555 g/mol. The van der Waals surface area contributed by atoms with Gasteiger partial charge in [0.1, 0.15) is 10.1 Å². The summed E-state index contributed by atoms with van der Waals surface area (Å²) < 4.78 is 35.1. The van der Waals surface area contributed by atoms with Crippen LogP contribution in [0.15, 0.2) is 35.2 Å². The van der Waals surface area contributed by atoms with Gasteiger partial charge in [0.15, 0.2) is 0 Å². The van der Waals surface area contributed by atoms with Gasteiger partial charge in [-0.2, -0.15) is 0 Å². The Bertz CT molecular complexity index is 971. The molecule has 0 unspecified atom stereocenters. The number of unbranched alkanes of at least 4 members (excludes halogenated alkanes) is 16. The molecule has 0 bridgehead atoms. The van der Waals surface area contributed by atoms with E-state index in [0.717, 1.165) is 36.5 Å². The average Bonchev–Trinajstić information content (AvgIpc) is 2.86. The van der Waals surface area contributed by atoms with Gasteiger partial charge in [-0.1, -0.05) is 135 Å². The normalized spacial score (nSPS) is 11.6. The molecular formula is C32H51KO3S. The van der Waals surface area contributed by atoms with Crippen LogP contribution in [-0.2, 0) is 23.0 Å². The smallest absolute Gasteiger partial charge is 0.744 e. The maximum absolute atomic E-state index is 11.7. The van der Waals surface area contributed by atoms with Crippen molar-refractivity contribution >= 4 is 20.9 Å². The molecule has 2 aromatic carbocycles. The molecule has 0 amide bonds. The predicted molar refractivity (Wildman–Crippen MR) is 154 cm³/mol. The van der Waals surface area contributed by atoms with Gasteiger partial charge in [-0.25, -0.2) is 8.42 Å². The van der Waals surface area contributed by atoms with Crippen molar-refractivity contribution in [2.45, 2.75) is 147 Å². The van der Waals surface area contributed by atoms with E-state index in [4.69, 9.17) is 0 Å². The third kappa shape index (κ3) is 14.4. The topological polar surface area (TPSA) is 57.2 Å². The van der Waals surface area contributed by atoms with Crippen molar-refractivity contribution in [3.05, 3.63) is 41.5 Å². The zero-order chi connectivity index (χ0) is 26.1. The SMILES string of the molecule is CCCCCCCCCCCc1ccc(CCCCCCCCCCC)c2cc(S(=O)(=O)[O-])ccc12.[K+]. The summed E-state index contributed by atoms with van der Waals surface area (Å²) in [6.45, 7) is 4.51. The molecule has 5 heteroatoms. The van der Waals surface area contributed by atoms with Crippen molar-refractivity contribution in [1.82, 2.24) is 0 Å². The van der Waals surface area contributed by atoms with Gasteiger partial charge in [0.25, 0.3) is 0 Å². The fourth-order valence-electron chi connectivity index (χ4n) is 5.29. The summed E-state index contributed by atoms with van der Waals surface area (Å²) >= 11 is 0. The zero-order valence-electron chi connectivity index (χ0n) is 24.2. The molecule has 0 spiro atoms. The first-order valence-electron chi connectivity index (χ1n) is 15.0. The van der Waals surface area contributed by atoms with E-state index in [0.29, 0.717) is 0 Å². The van der Waals surface area contributed by atoms with Crippen LogP contribution >= 0.6 is 0 Å². The summed E-state index contributed by atoms with van der Waals surface area (Å²) in [6, 6.07) is 9.40. The molecule has 0 saturated carbocycles. The number of benzene rings is 2. The molecule has 0 heterocycles. The molecule has 3 nitrogen and oxygen atoms in total. The molecule has 0 saturated heterocycles. The molecule has 2 rings (SSSR count). The molecule has 0 aliphatic heterocycles. The number of hydrogen-bond donors (Lipinski definition) is 0. The van der Waals surface area contributed by atoms with Crippen molar-refractivity contribution in [3.8, 4) is 0 Å². The number of hydrogen-bond acceptors (Lipinski definition) is 3. The molecule has 0 aromatic heterocycles. The van der Waals surface area contributed by atoms with Crippen LogP contribution in [0.1, 0.15) is 141 Å². The van der Waals surface area contributed by atoms with Crippen LogP contribution in [-0.4, -0.2) is 13.0 Å². The Labute approximate surface area is 271 Å². The Balaban J connectivity index is 0.00000684. The second kappa shape index (κ2) is 21.1. The van der Waals surface area contributed by atoms with Crippen LogP contribution in [0.25, 0.3) is 10.8 Å². The summed E-state index contributed by atoms with van der Waals surface area (Å²) in [7, 11) is -4.45. The maximum atomic E-state index is 11.7. The quantitative estimate of drug-likeness (QED) is 0.0958. The van der Waals surface area contributed by atoms with E-state index in [2.05, 4.69) is 26.0 Å². The van der Waals surface area contributed by atoms with E-state index >= 15 is 0 Å². The largest absolute Gasteiger partial charge is 1.00 e. The van der Waals surface area contributed by atoms with Crippen molar-refractivity contribution < 1.29 is 64.4 Å². The third-order valence-electron chi connectivity index (χ3n) is 7.56. The predicted octanol–water partition coefficient (Wildman–Crippen LogP) is 6.89. The first kappa shape index (κ1) is 35.3. The van der Waals surface area contributed by atoms with Gasteiger partial charge in [-0.3, -0.25) is 0 Å². The van der Waals surface area contributed by atoms with Crippen molar-refractivity contribution in [3.63, 3.8) is 0 Å². The second-order valence-corrected chi connectivity index (χ2v) is 12.1. The summed E-state index contributed by atoms with van der Waals surface area (Å²) in [5.41, 5.74) is 2.45. The standard InChI is InChI=1S/C32H52O3S.K/c1-3-5-7-9-11-13-15-17-19-21-28-23-24-29(22-20-18-16-14-12-10-8-6-4-2)32-27-30(36(33,34)35)25-26-31(28)32;/h23-27H,3-22H2,1-2H3,(H,33,34,35);/q;+1/p-1. The van der Waals surface area contributed by atoms with E-state index in [9.17, 15) is 13.0 Å². The molecule has 0 aliphatic rings. The fourth-order valence-corrected chi connectivity index (χ4v) is 5.79. The molecule has 0 atom stereocenters. The molecule has 2 aromatic rings. The molecule has 37 heavy (non-hydrogen) atoms. The van der Waals surface area contributed by atoms with Gasteiger partial charge < -0.3 is 4.55 Å². The number of aryl methyl sites for hydroxylation is 2. The molecular weight excluding hydrogens is 504 g/mol. The van der Waals surface area contributed by atoms with Gasteiger partial charge in [0.2, 0.25) is 0 Å². The second-order valence-electron chi connectivity index (χ2n) is 10.7. The third-order valence-corrected chi connectivity index (χ3v) is 8.39. The first-order valence-corrected chi connectivity index (χ1v) is 16.4. The van der Waals surface area contributed by atoms with Crippen LogP contribution in [0.2, 0.25) is 0 Å². The summed E-state index contributed by atoms with van der Waals surface area (Å²) in [4.78, 5) is -0.108. The van der Waals surface area contributed by atoms with Gasteiger partial charge in [-0.05, 0) is 59.7 Å². The van der Waals surface area contributed by atoms with Crippen molar-refractivity contribution in [1.29, 1.82) is 0 Å². The fraction of sp³-hybridized carbons (Fsp3) is 0.688. The molecule has 0 N–H and O–H groups in total. The van der Waals surface area contributed by atoms with E-state index in [1.165, 1.54) is 120 Å². The van der Waals surface area contributed by atoms with Crippen LogP contribution < -0.4 is 51.4 Å². The summed E-state index contributed by atoms with van der Waals surface area (Å²) in [5.74, 6) is 0. The Morgan fingerprint density at radius 2 is 0.919 bits per heavy atom. The zero-order valence-corrected chi connectivity index (χ0v) is 28.1. The van der Waals surface area contributed by atoms with Crippen LogP contribution in [0.5, 0.6) is 0 Å². The Morgan fingerprint density at radius 3 is 1.32 bits per heavy atom. The van der Waals surface area contributed by atoms with Gasteiger partial charge in [0.05, 0.1) is 4.90 Å². The van der Waals surface area contributed by atoms with E-state index in [1.807, 2.05) is 6.07 Å². The van der Waals surface area contributed by atoms with E-state index in [-0.39, 0.29) is 56.3 Å². The van der Waals surface area contributed by atoms with Crippen LogP contribution in [0.3, 0.4) is 0 Å².